The van der Waals surface area contributed by atoms with Crippen LogP contribution in [-0.2, 0) is 4.74 Å². The van der Waals surface area contributed by atoms with E-state index in [0.29, 0.717) is 34.6 Å². The summed E-state index contributed by atoms with van der Waals surface area (Å²) in [5.41, 5.74) is 4.17. The molecule has 7 nitrogen and oxygen atoms in total. The minimum Gasteiger partial charge on any atom is -0.377 e. The van der Waals surface area contributed by atoms with Gasteiger partial charge in [-0.3, -0.25) is 14.9 Å². The van der Waals surface area contributed by atoms with Gasteiger partial charge >= 0.3 is 0 Å². The van der Waals surface area contributed by atoms with Gasteiger partial charge in [0.1, 0.15) is 5.82 Å². The van der Waals surface area contributed by atoms with Gasteiger partial charge in [0.15, 0.2) is 0 Å². The minimum atomic E-state index is -0.575. The number of hydrogen-bond donors (Lipinski definition) is 2. The Morgan fingerprint density at radius 3 is 2.54 bits per heavy atom. The largest absolute Gasteiger partial charge is 0.377 e. The summed E-state index contributed by atoms with van der Waals surface area (Å²) < 4.78 is 20.8. The fourth-order valence-corrected chi connectivity index (χ4v) is 5.92. The van der Waals surface area contributed by atoms with Gasteiger partial charge in [-0.2, -0.15) is 5.10 Å². The van der Waals surface area contributed by atoms with Crippen molar-refractivity contribution < 1.29 is 13.9 Å². The predicted molar refractivity (Wildman–Crippen MR) is 139 cm³/mol. The quantitative estimate of drug-likeness (QED) is 0.391. The Labute approximate surface area is 214 Å². The number of fused-ring (bicyclic) bond motifs is 3. The Morgan fingerprint density at radius 1 is 1.05 bits per heavy atom. The Bertz CT molecular complexity index is 1430. The van der Waals surface area contributed by atoms with Crippen LogP contribution in [0.5, 0.6) is 0 Å². The lowest BCUT2D eigenvalue weighted by atomic mass is 10.0. The monoisotopic (exact) mass is 497 g/mol. The van der Waals surface area contributed by atoms with E-state index in [0.717, 1.165) is 50.2 Å². The van der Waals surface area contributed by atoms with E-state index in [1.807, 2.05) is 30.3 Å². The van der Waals surface area contributed by atoms with E-state index in [9.17, 15) is 4.79 Å². The first-order valence-corrected chi connectivity index (χ1v) is 13.0. The lowest BCUT2D eigenvalue weighted by Gasteiger charge is -2.36. The summed E-state index contributed by atoms with van der Waals surface area (Å²) in [6.07, 6.45) is 6.09. The van der Waals surface area contributed by atoms with E-state index >= 15 is 4.39 Å². The van der Waals surface area contributed by atoms with Crippen LogP contribution < -0.4 is 10.2 Å². The minimum absolute atomic E-state index is 0.0123. The zero-order valence-electron chi connectivity index (χ0n) is 20.4. The summed E-state index contributed by atoms with van der Waals surface area (Å²) in [6.45, 7) is 1.56. The topological polar surface area (TPSA) is 83.1 Å². The molecule has 7 rings (SSSR count). The molecule has 3 aliphatic rings. The van der Waals surface area contributed by atoms with Crippen molar-refractivity contribution in [3.63, 3.8) is 0 Å². The number of nitrogens with one attached hydrogen (secondary N) is 2. The Balaban J connectivity index is 1.18. The van der Waals surface area contributed by atoms with Crippen molar-refractivity contribution in [1.82, 2.24) is 20.5 Å². The first-order valence-electron chi connectivity index (χ1n) is 13.0. The zero-order valence-corrected chi connectivity index (χ0v) is 20.4. The second-order valence-electron chi connectivity index (χ2n) is 10.4. The number of pyridine rings is 1. The lowest BCUT2D eigenvalue weighted by molar-refractivity contribution is 0.0906. The lowest BCUT2D eigenvalue weighted by Crippen LogP contribution is -2.45. The maximum Gasteiger partial charge on any atom is 0.254 e. The molecule has 3 unspecified atom stereocenters. The summed E-state index contributed by atoms with van der Waals surface area (Å²) in [5.74, 6) is -0.684. The molecular weight excluding hydrogens is 469 g/mol. The Morgan fingerprint density at radius 2 is 1.84 bits per heavy atom. The first-order chi connectivity index (χ1) is 18.2. The second-order valence-corrected chi connectivity index (χ2v) is 10.4. The fraction of sp³-hybridized carbons (Fsp3) is 0.345. The van der Waals surface area contributed by atoms with Gasteiger partial charge in [-0.05, 0) is 61.9 Å². The van der Waals surface area contributed by atoms with Gasteiger partial charge in [0.05, 0.1) is 53.8 Å². The van der Waals surface area contributed by atoms with Crippen LogP contribution in [0.1, 0.15) is 47.8 Å². The Hall–Kier alpha value is -3.78. The van der Waals surface area contributed by atoms with Crippen LogP contribution in [0.15, 0.2) is 60.8 Å². The summed E-state index contributed by atoms with van der Waals surface area (Å²) in [6, 6.07) is 17.6. The number of anilines is 1. The van der Waals surface area contributed by atoms with Crippen LogP contribution in [0.25, 0.3) is 22.2 Å². The molecule has 2 aromatic heterocycles. The molecule has 0 radical (unpaired) electrons. The molecule has 2 aliphatic heterocycles. The standard InChI is InChI=1S/C29H28FN5O2/c30-24-14-26-23(13-22(24)29(36)32-28(18-4-5-18)25-3-1-2-12-31-25)27(34-33-26)17-6-8-19(9-7-17)35-20-10-11-21(35)16-37-15-20/h1-3,6-9,12-14,18,20-21,28H,4-5,10-11,15-16H2,(H,32,36)(H,33,34). The summed E-state index contributed by atoms with van der Waals surface area (Å²) in [4.78, 5) is 20.2. The van der Waals surface area contributed by atoms with E-state index in [1.165, 1.54) is 11.8 Å². The van der Waals surface area contributed by atoms with Crippen LogP contribution >= 0.6 is 0 Å². The van der Waals surface area contributed by atoms with Crippen molar-refractivity contribution in [2.24, 2.45) is 5.92 Å². The first kappa shape index (κ1) is 22.4. The average molecular weight is 498 g/mol. The highest BCUT2D eigenvalue weighted by Crippen LogP contribution is 2.41. The van der Waals surface area contributed by atoms with Gasteiger partial charge in [-0.25, -0.2) is 4.39 Å². The molecular formula is C29H28FN5O2. The maximum absolute atomic E-state index is 15.0. The van der Waals surface area contributed by atoms with Gasteiger partial charge in [0, 0.05) is 28.9 Å². The van der Waals surface area contributed by atoms with Crippen molar-refractivity contribution >= 4 is 22.5 Å². The summed E-state index contributed by atoms with van der Waals surface area (Å²) >= 11 is 0. The SMILES string of the molecule is O=C(NC(c1ccccn1)C1CC1)c1cc2c(-c3ccc(N4C5CCC4COC5)cc3)n[nH]c2cc1F. The molecule has 8 heteroatoms. The van der Waals surface area contributed by atoms with Crippen LogP contribution in [0.2, 0.25) is 0 Å². The number of amides is 1. The van der Waals surface area contributed by atoms with Crippen molar-refractivity contribution in [1.29, 1.82) is 0 Å². The molecule has 3 fully saturated rings. The summed E-state index contributed by atoms with van der Waals surface area (Å²) in [7, 11) is 0. The third-order valence-electron chi connectivity index (χ3n) is 7.96. The van der Waals surface area contributed by atoms with Crippen molar-refractivity contribution in [3.05, 3.63) is 77.9 Å². The number of ether oxygens (including phenoxy) is 1. The molecule has 0 spiro atoms. The van der Waals surface area contributed by atoms with Crippen molar-refractivity contribution in [2.75, 3.05) is 18.1 Å². The Kier molecular flexibility index (Phi) is 5.43. The highest BCUT2D eigenvalue weighted by Gasteiger charge is 2.37. The smallest absolute Gasteiger partial charge is 0.254 e. The van der Waals surface area contributed by atoms with E-state index < -0.39 is 11.7 Å². The number of rotatable bonds is 6. The van der Waals surface area contributed by atoms with Gasteiger partial charge in [0.2, 0.25) is 0 Å². The number of carbonyl (C=O) groups excluding carboxylic acids is 1. The van der Waals surface area contributed by atoms with Crippen LogP contribution in [-0.4, -0.2) is 46.4 Å². The summed E-state index contributed by atoms with van der Waals surface area (Å²) in [5, 5.41) is 11.2. The number of nitrogens with zero attached hydrogens (tertiary/aromatic N) is 3. The molecule has 4 aromatic rings. The molecule has 2 N–H and O–H groups in total. The highest BCUT2D eigenvalue weighted by atomic mass is 19.1. The molecule has 188 valence electrons. The number of benzene rings is 2. The maximum atomic E-state index is 15.0. The molecule has 3 atom stereocenters. The molecule has 2 bridgehead atoms. The number of hydrogen-bond acceptors (Lipinski definition) is 5. The van der Waals surface area contributed by atoms with Crippen LogP contribution in [0, 0.1) is 11.7 Å². The molecule has 37 heavy (non-hydrogen) atoms. The van der Waals surface area contributed by atoms with Crippen LogP contribution in [0.3, 0.4) is 0 Å². The third kappa shape index (κ3) is 4.05. The molecule has 1 amide bonds. The normalized spacial score (nSPS) is 21.8. The van der Waals surface area contributed by atoms with Gasteiger partial charge in [-0.1, -0.05) is 18.2 Å². The molecule has 4 heterocycles. The van der Waals surface area contributed by atoms with E-state index in [2.05, 4.69) is 37.5 Å². The fourth-order valence-electron chi connectivity index (χ4n) is 5.92. The van der Waals surface area contributed by atoms with Crippen molar-refractivity contribution in [3.8, 4) is 11.3 Å². The van der Waals surface area contributed by atoms with Gasteiger partial charge in [-0.15, -0.1) is 0 Å². The molecule has 1 saturated carbocycles. The molecule has 2 aromatic carbocycles. The van der Waals surface area contributed by atoms with E-state index in [-0.39, 0.29) is 11.6 Å². The third-order valence-corrected chi connectivity index (χ3v) is 7.96. The molecule has 2 saturated heterocycles. The van der Waals surface area contributed by atoms with Gasteiger partial charge < -0.3 is 15.0 Å². The number of H-pyrrole nitrogens is 1. The number of carbonyl (C=O) groups is 1. The number of aromatic amines is 1. The number of halogens is 1. The van der Waals surface area contributed by atoms with Gasteiger partial charge in [0.25, 0.3) is 5.91 Å². The van der Waals surface area contributed by atoms with Crippen LogP contribution in [0.4, 0.5) is 10.1 Å². The zero-order chi connectivity index (χ0) is 24.9. The van der Waals surface area contributed by atoms with E-state index in [4.69, 9.17) is 4.74 Å². The van der Waals surface area contributed by atoms with E-state index in [1.54, 1.807) is 12.3 Å². The number of aromatic nitrogens is 3. The number of morpholine rings is 1. The predicted octanol–water partition coefficient (Wildman–Crippen LogP) is 5.01. The average Bonchev–Trinajstić information content (AvgIpc) is 3.64. The molecule has 1 aliphatic carbocycles. The highest BCUT2D eigenvalue weighted by molar-refractivity contribution is 6.02. The second kappa shape index (κ2) is 8.95. The van der Waals surface area contributed by atoms with Crippen molar-refractivity contribution in [2.45, 2.75) is 43.8 Å².